The Morgan fingerprint density at radius 3 is 2.67 bits per heavy atom. The predicted octanol–water partition coefficient (Wildman–Crippen LogP) is 3.11. The maximum Gasteiger partial charge on any atom is 0.335 e. The number of carbonyl (C=O) groups is 1. The zero-order valence-electron chi connectivity index (χ0n) is 10.6. The summed E-state index contributed by atoms with van der Waals surface area (Å²) in [5, 5.41) is 17.5. The fourth-order valence-electron chi connectivity index (χ4n) is 1.68. The van der Waals surface area contributed by atoms with Crippen LogP contribution in [-0.4, -0.2) is 11.1 Å². The lowest BCUT2D eigenvalue weighted by Gasteiger charge is -2.08. The molecule has 2 aromatic carbocycles. The average Bonchev–Trinajstić information content (AvgIpc) is 2.45. The Labute approximate surface area is 118 Å². The third kappa shape index (κ3) is 3.54. The molecule has 0 atom stereocenters. The Balaban J connectivity index is 2.17. The highest BCUT2D eigenvalue weighted by Gasteiger charge is 2.09. The van der Waals surface area contributed by atoms with Crippen molar-refractivity contribution < 1.29 is 23.4 Å². The normalized spacial score (nSPS) is 9.95. The van der Waals surface area contributed by atoms with Crippen molar-refractivity contribution in [3.8, 4) is 11.8 Å². The van der Waals surface area contributed by atoms with Crippen LogP contribution in [0.15, 0.2) is 36.4 Å². The minimum Gasteiger partial charge on any atom is -0.489 e. The molecule has 2 rings (SSSR count). The molecule has 0 aromatic heterocycles. The highest BCUT2D eigenvalue weighted by atomic mass is 19.1. The highest BCUT2D eigenvalue weighted by molar-refractivity contribution is 5.88. The molecule has 1 N–H and O–H groups in total. The molecule has 0 bridgehead atoms. The summed E-state index contributed by atoms with van der Waals surface area (Å²) in [7, 11) is 0. The van der Waals surface area contributed by atoms with Crippen molar-refractivity contribution in [2.75, 3.05) is 0 Å². The molecule has 0 saturated carbocycles. The second-order valence-corrected chi connectivity index (χ2v) is 4.20. The van der Waals surface area contributed by atoms with Crippen LogP contribution in [0, 0.1) is 23.0 Å². The minimum absolute atomic E-state index is 0.0373. The first-order valence-electron chi connectivity index (χ1n) is 5.85. The Morgan fingerprint density at radius 1 is 1.24 bits per heavy atom. The van der Waals surface area contributed by atoms with Gasteiger partial charge < -0.3 is 9.84 Å². The summed E-state index contributed by atoms with van der Waals surface area (Å²) in [6.07, 6.45) is 0. The topological polar surface area (TPSA) is 70.3 Å². The Morgan fingerprint density at radius 2 is 2.00 bits per heavy atom. The van der Waals surface area contributed by atoms with E-state index in [2.05, 4.69) is 0 Å². The molecule has 0 heterocycles. The molecule has 0 aliphatic rings. The van der Waals surface area contributed by atoms with Crippen LogP contribution in [0.3, 0.4) is 0 Å². The standard InChI is InChI=1S/C15H9F2NO3/c16-12-4-10(15(19)20)5-13(6-12)21-8-9-1-2-14(17)11(3-9)7-18/h1-6H,8H2,(H,19,20). The molecule has 0 saturated heterocycles. The molecule has 0 spiro atoms. The van der Waals surface area contributed by atoms with Gasteiger partial charge in [-0.1, -0.05) is 6.07 Å². The fraction of sp³-hybridized carbons (Fsp3) is 0.0667. The Bertz CT molecular complexity index is 738. The number of hydrogen-bond donors (Lipinski definition) is 1. The predicted molar refractivity (Wildman–Crippen MR) is 68.8 cm³/mol. The zero-order chi connectivity index (χ0) is 15.4. The Hall–Kier alpha value is -2.94. The number of carboxylic acids is 1. The van der Waals surface area contributed by atoms with Gasteiger partial charge in [0.2, 0.25) is 0 Å². The molecular formula is C15H9F2NO3. The lowest BCUT2D eigenvalue weighted by Crippen LogP contribution is -2.01. The molecule has 0 unspecified atom stereocenters. The van der Waals surface area contributed by atoms with E-state index in [1.54, 1.807) is 6.07 Å². The molecule has 0 radical (unpaired) electrons. The largest absolute Gasteiger partial charge is 0.489 e. The van der Waals surface area contributed by atoms with E-state index in [9.17, 15) is 13.6 Å². The molecule has 106 valence electrons. The number of carboxylic acid groups (broad SMARTS) is 1. The van der Waals surface area contributed by atoms with Crippen molar-refractivity contribution >= 4 is 5.97 Å². The van der Waals surface area contributed by atoms with Gasteiger partial charge >= 0.3 is 5.97 Å². The highest BCUT2D eigenvalue weighted by Crippen LogP contribution is 2.18. The molecule has 2 aromatic rings. The van der Waals surface area contributed by atoms with Gasteiger partial charge in [-0.3, -0.25) is 0 Å². The fourth-order valence-corrected chi connectivity index (χ4v) is 1.68. The second-order valence-electron chi connectivity index (χ2n) is 4.20. The third-order valence-corrected chi connectivity index (χ3v) is 2.67. The average molecular weight is 289 g/mol. The molecule has 0 aliphatic carbocycles. The van der Waals surface area contributed by atoms with Gasteiger partial charge in [-0.2, -0.15) is 5.26 Å². The summed E-state index contributed by atoms with van der Waals surface area (Å²) < 4.78 is 31.7. The molecular weight excluding hydrogens is 280 g/mol. The van der Waals surface area contributed by atoms with E-state index in [-0.39, 0.29) is 23.5 Å². The van der Waals surface area contributed by atoms with Gasteiger partial charge in [-0.15, -0.1) is 0 Å². The number of ether oxygens (including phenoxy) is 1. The number of benzene rings is 2. The van der Waals surface area contributed by atoms with Crippen LogP contribution in [0.2, 0.25) is 0 Å². The number of hydrogen-bond acceptors (Lipinski definition) is 3. The van der Waals surface area contributed by atoms with Crippen LogP contribution in [0.25, 0.3) is 0 Å². The van der Waals surface area contributed by atoms with Crippen LogP contribution in [0.1, 0.15) is 21.5 Å². The van der Waals surface area contributed by atoms with Crippen LogP contribution in [-0.2, 0) is 6.61 Å². The summed E-state index contributed by atoms with van der Waals surface area (Å²) in [6.45, 7) is -0.0442. The summed E-state index contributed by atoms with van der Waals surface area (Å²) >= 11 is 0. The first-order valence-corrected chi connectivity index (χ1v) is 5.85. The van der Waals surface area contributed by atoms with E-state index in [1.165, 1.54) is 18.2 Å². The zero-order valence-corrected chi connectivity index (χ0v) is 10.6. The molecule has 4 nitrogen and oxygen atoms in total. The summed E-state index contributed by atoms with van der Waals surface area (Å²) in [4.78, 5) is 10.8. The lowest BCUT2D eigenvalue weighted by atomic mass is 10.1. The second kappa shape index (κ2) is 6.01. The third-order valence-electron chi connectivity index (χ3n) is 2.67. The van der Waals surface area contributed by atoms with Gasteiger partial charge in [-0.05, 0) is 29.8 Å². The Kier molecular flexibility index (Phi) is 4.14. The molecule has 21 heavy (non-hydrogen) atoms. The van der Waals surface area contributed by atoms with E-state index < -0.39 is 17.6 Å². The minimum atomic E-state index is -1.27. The van der Waals surface area contributed by atoms with Crippen molar-refractivity contribution in [2.45, 2.75) is 6.61 Å². The first kappa shape index (κ1) is 14.5. The van der Waals surface area contributed by atoms with E-state index in [1.807, 2.05) is 0 Å². The van der Waals surface area contributed by atoms with Crippen molar-refractivity contribution in [3.05, 3.63) is 64.7 Å². The van der Waals surface area contributed by atoms with Gasteiger partial charge in [-0.25, -0.2) is 13.6 Å². The number of nitrogens with zero attached hydrogens (tertiary/aromatic N) is 1. The van der Waals surface area contributed by atoms with Gasteiger partial charge in [0.25, 0.3) is 0 Å². The van der Waals surface area contributed by atoms with Gasteiger partial charge in [0.05, 0.1) is 11.1 Å². The molecule has 0 amide bonds. The van der Waals surface area contributed by atoms with Gasteiger partial charge in [0.1, 0.15) is 30.1 Å². The van der Waals surface area contributed by atoms with Crippen LogP contribution >= 0.6 is 0 Å². The molecule has 6 heteroatoms. The van der Waals surface area contributed by atoms with Crippen LogP contribution in [0.5, 0.6) is 5.75 Å². The van der Waals surface area contributed by atoms with E-state index in [0.29, 0.717) is 5.56 Å². The van der Waals surface area contributed by atoms with Gasteiger partial charge in [0, 0.05) is 6.07 Å². The SMILES string of the molecule is N#Cc1cc(COc2cc(F)cc(C(=O)O)c2)ccc1F. The monoisotopic (exact) mass is 289 g/mol. The summed E-state index contributed by atoms with van der Waals surface area (Å²) in [6, 6.07) is 8.66. The van der Waals surface area contributed by atoms with Gasteiger partial charge in [0.15, 0.2) is 0 Å². The summed E-state index contributed by atoms with van der Waals surface area (Å²) in [5.74, 6) is -2.61. The maximum absolute atomic E-state index is 13.2. The van der Waals surface area contributed by atoms with Crippen LogP contribution in [0.4, 0.5) is 8.78 Å². The van der Waals surface area contributed by atoms with Crippen molar-refractivity contribution in [2.24, 2.45) is 0 Å². The lowest BCUT2D eigenvalue weighted by molar-refractivity contribution is 0.0695. The van der Waals surface area contributed by atoms with E-state index >= 15 is 0 Å². The smallest absolute Gasteiger partial charge is 0.335 e. The summed E-state index contributed by atoms with van der Waals surface area (Å²) in [5.41, 5.74) is 0.150. The van der Waals surface area contributed by atoms with E-state index in [4.69, 9.17) is 15.1 Å². The number of rotatable bonds is 4. The molecule has 0 fully saturated rings. The van der Waals surface area contributed by atoms with Crippen LogP contribution < -0.4 is 4.74 Å². The number of halogens is 2. The van der Waals surface area contributed by atoms with Crippen molar-refractivity contribution in [1.82, 2.24) is 0 Å². The molecule has 0 aliphatic heterocycles. The first-order chi connectivity index (χ1) is 9.99. The van der Waals surface area contributed by atoms with E-state index in [0.717, 1.165) is 18.2 Å². The maximum atomic E-state index is 13.2. The quantitative estimate of drug-likeness (QED) is 0.938. The number of aromatic carboxylic acids is 1. The van der Waals surface area contributed by atoms with Crippen molar-refractivity contribution in [1.29, 1.82) is 5.26 Å². The van der Waals surface area contributed by atoms with Crippen molar-refractivity contribution in [3.63, 3.8) is 0 Å². The number of nitriles is 1.